The molecule has 0 spiro atoms. The second-order valence-electron chi connectivity index (χ2n) is 6.63. The van der Waals surface area contributed by atoms with Crippen LogP contribution in [-0.4, -0.2) is 35.3 Å². The zero-order valence-corrected chi connectivity index (χ0v) is 17.3. The lowest BCUT2D eigenvalue weighted by Crippen LogP contribution is -2.30. The topological polar surface area (TPSA) is 70.4 Å². The molecule has 0 amide bonds. The molecule has 1 aromatic carbocycles. The molecule has 0 saturated heterocycles. The smallest absolute Gasteiger partial charge is 0.329 e. The average Bonchev–Trinajstić information content (AvgIpc) is 3.12. The SMILES string of the molecule is CCOCCOC(=O)C(C)n1cnc2scc(-c3ccc(C)c(C)c3)c2c1=O. The van der Waals surface area contributed by atoms with Crippen molar-refractivity contribution in [1.29, 1.82) is 0 Å². The molecule has 2 heterocycles. The molecule has 3 rings (SSSR count). The van der Waals surface area contributed by atoms with E-state index in [9.17, 15) is 9.59 Å². The number of benzene rings is 1. The minimum atomic E-state index is -0.765. The van der Waals surface area contributed by atoms with E-state index in [1.54, 1.807) is 6.92 Å². The quantitative estimate of drug-likeness (QED) is 0.445. The van der Waals surface area contributed by atoms with Gasteiger partial charge in [0.2, 0.25) is 0 Å². The van der Waals surface area contributed by atoms with E-state index in [1.807, 2.05) is 31.4 Å². The van der Waals surface area contributed by atoms with Crippen molar-refractivity contribution in [2.24, 2.45) is 0 Å². The molecule has 1 unspecified atom stereocenters. The summed E-state index contributed by atoms with van der Waals surface area (Å²) < 4.78 is 11.7. The van der Waals surface area contributed by atoms with Gasteiger partial charge in [-0.15, -0.1) is 11.3 Å². The largest absolute Gasteiger partial charge is 0.462 e. The van der Waals surface area contributed by atoms with Gasteiger partial charge in [-0.05, 0) is 44.4 Å². The van der Waals surface area contributed by atoms with Gasteiger partial charge in [0.25, 0.3) is 5.56 Å². The van der Waals surface area contributed by atoms with Gasteiger partial charge in [0.05, 0.1) is 18.3 Å². The Morgan fingerprint density at radius 1 is 1.25 bits per heavy atom. The Bertz CT molecular complexity index is 1050. The fourth-order valence-electron chi connectivity index (χ4n) is 2.92. The maximum Gasteiger partial charge on any atom is 0.329 e. The first-order valence-electron chi connectivity index (χ1n) is 9.24. The standard InChI is InChI=1S/C21H24N2O4S/c1-5-26-8-9-27-21(25)15(4)23-12-22-19-18(20(23)24)17(11-28-19)16-7-6-13(2)14(3)10-16/h6-7,10-12,15H,5,8-9H2,1-4H3. The number of aryl methyl sites for hydroxylation is 2. The lowest BCUT2D eigenvalue weighted by atomic mass is 10.0. The van der Waals surface area contributed by atoms with Crippen LogP contribution in [0.4, 0.5) is 0 Å². The molecule has 0 fully saturated rings. The Morgan fingerprint density at radius 3 is 2.75 bits per heavy atom. The molecule has 28 heavy (non-hydrogen) atoms. The summed E-state index contributed by atoms with van der Waals surface area (Å²) in [6.45, 7) is 8.67. The lowest BCUT2D eigenvalue weighted by Gasteiger charge is -2.14. The number of ether oxygens (including phenoxy) is 2. The number of fused-ring (bicyclic) bond motifs is 1. The minimum absolute atomic E-state index is 0.160. The summed E-state index contributed by atoms with van der Waals surface area (Å²) in [5.41, 5.74) is 3.92. The molecular formula is C21H24N2O4S. The Balaban J connectivity index is 1.95. The normalized spacial score (nSPS) is 12.3. The molecule has 0 N–H and O–H groups in total. The highest BCUT2D eigenvalue weighted by molar-refractivity contribution is 7.17. The van der Waals surface area contributed by atoms with Crippen LogP contribution in [0.15, 0.2) is 34.7 Å². The van der Waals surface area contributed by atoms with Crippen molar-refractivity contribution in [1.82, 2.24) is 9.55 Å². The van der Waals surface area contributed by atoms with Crippen molar-refractivity contribution in [3.8, 4) is 11.1 Å². The molecule has 0 aliphatic rings. The maximum absolute atomic E-state index is 13.2. The van der Waals surface area contributed by atoms with Gasteiger partial charge in [-0.1, -0.05) is 18.2 Å². The second-order valence-corrected chi connectivity index (χ2v) is 7.48. The Kier molecular flexibility index (Phi) is 6.26. The molecule has 0 bridgehead atoms. The van der Waals surface area contributed by atoms with Crippen LogP contribution in [0, 0.1) is 13.8 Å². The van der Waals surface area contributed by atoms with E-state index in [0.29, 0.717) is 23.4 Å². The maximum atomic E-state index is 13.2. The Labute approximate surface area is 167 Å². The first-order valence-corrected chi connectivity index (χ1v) is 10.1. The van der Waals surface area contributed by atoms with Gasteiger partial charge >= 0.3 is 5.97 Å². The number of aromatic nitrogens is 2. The van der Waals surface area contributed by atoms with Crippen molar-refractivity contribution in [2.45, 2.75) is 33.7 Å². The van der Waals surface area contributed by atoms with E-state index < -0.39 is 12.0 Å². The molecule has 2 aromatic heterocycles. The third-order valence-corrected chi connectivity index (χ3v) is 5.66. The van der Waals surface area contributed by atoms with Crippen LogP contribution >= 0.6 is 11.3 Å². The number of thiophene rings is 1. The van der Waals surface area contributed by atoms with Gasteiger partial charge in [0.1, 0.15) is 17.5 Å². The highest BCUT2D eigenvalue weighted by Gasteiger charge is 2.21. The third-order valence-electron chi connectivity index (χ3n) is 4.77. The monoisotopic (exact) mass is 400 g/mol. The van der Waals surface area contributed by atoms with Crippen LogP contribution in [0.25, 0.3) is 21.3 Å². The molecule has 1 atom stereocenters. The van der Waals surface area contributed by atoms with Gasteiger partial charge in [0, 0.05) is 17.6 Å². The van der Waals surface area contributed by atoms with Crippen LogP contribution in [0.5, 0.6) is 0 Å². The van der Waals surface area contributed by atoms with E-state index in [4.69, 9.17) is 9.47 Å². The van der Waals surface area contributed by atoms with Crippen molar-refractivity contribution in [3.05, 3.63) is 51.4 Å². The first-order chi connectivity index (χ1) is 13.4. The van der Waals surface area contributed by atoms with E-state index in [-0.39, 0.29) is 12.2 Å². The molecule has 148 valence electrons. The zero-order valence-electron chi connectivity index (χ0n) is 16.5. The Hall–Kier alpha value is -2.51. The number of rotatable bonds is 7. The molecule has 0 aliphatic heterocycles. The van der Waals surface area contributed by atoms with E-state index in [0.717, 1.165) is 16.7 Å². The summed E-state index contributed by atoms with van der Waals surface area (Å²) in [5, 5.41) is 2.48. The predicted octanol–water partition coefficient (Wildman–Crippen LogP) is 3.88. The van der Waals surface area contributed by atoms with Crippen molar-refractivity contribution in [3.63, 3.8) is 0 Å². The summed E-state index contributed by atoms with van der Waals surface area (Å²) in [6, 6.07) is 5.35. The summed E-state index contributed by atoms with van der Waals surface area (Å²) in [4.78, 5) is 30.5. The summed E-state index contributed by atoms with van der Waals surface area (Å²) in [6.07, 6.45) is 1.42. The fourth-order valence-corrected chi connectivity index (χ4v) is 3.83. The molecule has 0 saturated carbocycles. The van der Waals surface area contributed by atoms with Gasteiger partial charge in [0.15, 0.2) is 0 Å². The first kappa shape index (κ1) is 20.2. The van der Waals surface area contributed by atoms with Crippen LogP contribution in [0.3, 0.4) is 0 Å². The van der Waals surface area contributed by atoms with E-state index >= 15 is 0 Å². The van der Waals surface area contributed by atoms with Crippen LogP contribution in [-0.2, 0) is 14.3 Å². The number of nitrogens with zero attached hydrogens (tertiary/aromatic N) is 2. The minimum Gasteiger partial charge on any atom is -0.462 e. The fraction of sp³-hybridized carbons (Fsp3) is 0.381. The number of carbonyl (C=O) groups is 1. The summed E-state index contributed by atoms with van der Waals surface area (Å²) >= 11 is 1.42. The molecule has 0 radical (unpaired) electrons. The second kappa shape index (κ2) is 8.67. The predicted molar refractivity (Wildman–Crippen MR) is 111 cm³/mol. The van der Waals surface area contributed by atoms with E-state index in [1.165, 1.54) is 27.8 Å². The number of hydrogen-bond acceptors (Lipinski definition) is 6. The molecule has 3 aromatic rings. The Morgan fingerprint density at radius 2 is 2.04 bits per heavy atom. The van der Waals surface area contributed by atoms with Gasteiger partial charge in [-0.2, -0.15) is 0 Å². The summed E-state index contributed by atoms with van der Waals surface area (Å²) in [5.74, 6) is -0.481. The van der Waals surface area contributed by atoms with Crippen LogP contribution in [0.2, 0.25) is 0 Å². The number of esters is 1. The van der Waals surface area contributed by atoms with Crippen molar-refractivity contribution in [2.75, 3.05) is 19.8 Å². The summed E-state index contributed by atoms with van der Waals surface area (Å²) in [7, 11) is 0. The zero-order chi connectivity index (χ0) is 20.3. The van der Waals surface area contributed by atoms with Crippen LogP contribution in [0.1, 0.15) is 31.0 Å². The highest BCUT2D eigenvalue weighted by atomic mass is 32.1. The number of hydrogen-bond donors (Lipinski definition) is 0. The number of carbonyl (C=O) groups excluding carboxylic acids is 1. The van der Waals surface area contributed by atoms with Gasteiger partial charge in [-0.25, -0.2) is 9.78 Å². The lowest BCUT2D eigenvalue weighted by molar-refractivity contribution is -0.148. The van der Waals surface area contributed by atoms with Crippen LogP contribution < -0.4 is 5.56 Å². The third kappa shape index (κ3) is 4.00. The molecule has 6 nitrogen and oxygen atoms in total. The van der Waals surface area contributed by atoms with Crippen molar-refractivity contribution < 1.29 is 14.3 Å². The molecule has 7 heteroatoms. The molecular weight excluding hydrogens is 376 g/mol. The van der Waals surface area contributed by atoms with Crippen molar-refractivity contribution >= 4 is 27.5 Å². The molecule has 0 aliphatic carbocycles. The van der Waals surface area contributed by atoms with E-state index in [2.05, 4.69) is 18.0 Å². The van der Waals surface area contributed by atoms with Gasteiger partial charge in [-0.3, -0.25) is 9.36 Å². The van der Waals surface area contributed by atoms with Gasteiger partial charge < -0.3 is 9.47 Å². The highest BCUT2D eigenvalue weighted by Crippen LogP contribution is 2.31. The average molecular weight is 401 g/mol.